The van der Waals surface area contributed by atoms with Gasteiger partial charge in [0.15, 0.2) is 0 Å². The molecule has 1 aromatic rings. The van der Waals surface area contributed by atoms with Gasteiger partial charge in [-0.15, -0.1) is 11.3 Å². The highest BCUT2D eigenvalue weighted by atomic mass is 79.9. The molecular weight excluding hydrogens is 238 g/mol. The van der Waals surface area contributed by atoms with Crippen molar-refractivity contribution in [3.63, 3.8) is 0 Å². The zero-order valence-electron chi connectivity index (χ0n) is 6.98. The van der Waals surface area contributed by atoms with Gasteiger partial charge in [-0.1, -0.05) is 0 Å². The molecule has 1 N–H and O–H groups in total. The van der Waals surface area contributed by atoms with Crippen LogP contribution >= 0.6 is 27.3 Å². The lowest BCUT2D eigenvalue weighted by atomic mass is 10.3. The first-order valence-corrected chi connectivity index (χ1v) is 5.20. The van der Waals surface area contributed by atoms with Gasteiger partial charge in [-0.05, 0) is 34.5 Å². The summed E-state index contributed by atoms with van der Waals surface area (Å²) in [7, 11) is 0. The van der Waals surface area contributed by atoms with Crippen molar-refractivity contribution in [2.45, 2.75) is 20.4 Å². The SMILES string of the molecule is CC(=O)NCc1sc(Br)cc1C. The Kier molecular flexibility index (Phi) is 3.29. The second kappa shape index (κ2) is 4.05. The summed E-state index contributed by atoms with van der Waals surface area (Å²) in [5.41, 5.74) is 1.22. The third-order valence-electron chi connectivity index (χ3n) is 1.49. The Balaban J connectivity index is 2.62. The van der Waals surface area contributed by atoms with Gasteiger partial charge in [0, 0.05) is 11.8 Å². The molecule has 0 aromatic carbocycles. The molecule has 12 heavy (non-hydrogen) atoms. The Labute approximate surface area is 84.1 Å². The molecule has 0 spiro atoms. The largest absolute Gasteiger partial charge is 0.351 e. The van der Waals surface area contributed by atoms with E-state index in [0.29, 0.717) is 6.54 Å². The molecule has 66 valence electrons. The summed E-state index contributed by atoms with van der Waals surface area (Å²) < 4.78 is 1.11. The maximum Gasteiger partial charge on any atom is 0.217 e. The van der Waals surface area contributed by atoms with Gasteiger partial charge in [0.25, 0.3) is 0 Å². The van der Waals surface area contributed by atoms with Crippen molar-refractivity contribution in [2.24, 2.45) is 0 Å². The lowest BCUT2D eigenvalue weighted by Gasteiger charge is -1.99. The molecule has 1 heterocycles. The molecule has 0 aliphatic heterocycles. The molecule has 1 rings (SSSR count). The van der Waals surface area contributed by atoms with Crippen molar-refractivity contribution >= 4 is 33.2 Å². The van der Waals surface area contributed by atoms with Crippen LogP contribution in [0.4, 0.5) is 0 Å². The van der Waals surface area contributed by atoms with E-state index in [1.54, 1.807) is 11.3 Å². The zero-order valence-corrected chi connectivity index (χ0v) is 9.38. The van der Waals surface area contributed by atoms with Crippen LogP contribution in [-0.4, -0.2) is 5.91 Å². The monoisotopic (exact) mass is 247 g/mol. The molecule has 0 saturated carbocycles. The fraction of sp³-hybridized carbons (Fsp3) is 0.375. The number of thiophene rings is 1. The first kappa shape index (κ1) is 9.74. The van der Waals surface area contributed by atoms with E-state index in [-0.39, 0.29) is 5.91 Å². The van der Waals surface area contributed by atoms with Crippen LogP contribution in [-0.2, 0) is 11.3 Å². The predicted octanol–water partition coefficient (Wildman–Crippen LogP) is 2.46. The number of hydrogen-bond acceptors (Lipinski definition) is 2. The molecule has 0 unspecified atom stereocenters. The first-order valence-electron chi connectivity index (χ1n) is 3.59. The van der Waals surface area contributed by atoms with Crippen molar-refractivity contribution in [1.29, 1.82) is 0 Å². The smallest absolute Gasteiger partial charge is 0.217 e. The average molecular weight is 248 g/mol. The number of hydrogen-bond donors (Lipinski definition) is 1. The van der Waals surface area contributed by atoms with Crippen LogP contribution < -0.4 is 5.32 Å². The number of carbonyl (C=O) groups is 1. The van der Waals surface area contributed by atoms with Crippen LogP contribution in [0.1, 0.15) is 17.4 Å². The van der Waals surface area contributed by atoms with E-state index < -0.39 is 0 Å². The summed E-state index contributed by atoms with van der Waals surface area (Å²) in [6.07, 6.45) is 0. The summed E-state index contributed by atoms with van der Waals surface area (Å²) in [4.78, 5) is 11.8. The quantitative estimate of drug-likeness (QED) is 0.855. The molecular formula is C8H10BrNOS. The number of nitrogens with one attached hydrogen (secondary N) is 1. The highest BCUT2D eigenvalue weighted by Gasteiger charge is 2.03. The summed E-state index contributed by atoms with van der Waals surface area (Å²) in [6.45, 7) is 4.20. The first-order chi connectivity index (χ1) is 5.59. The number of amides is 1. The number of rotatable bonds is 2. The second-order valence-corrected chi connectivity index (χ2v) is 5.08. The van der Waals surface area contributed by atoms with Crippen molar-refractivity contribution in [3.8, 4) is 0 Å². The van der Waals surface area contributed by atoms with Gasteiger partial charge < -0.3 is 5.32 Å². The van der Waals surface area contributed by atoms with Crippen LogP contribution in [0.15, 0.2) is 9.85 Å². The van der Waals surface area contributed by atoms with Crippen LogP contribution in [0, 0.1) is 6.92 Å². The van der Waals surface area contributed by atoms with Gasteiger partial charge >= 0.3 is 0 Å². The van der Waals surface area contributed by atoms with Gasteiger partial charge in [-0.3, -0.25) is 4.79 Å². The fourth-order valence-electron chi connectivity index (χ4n) is 0.859. The molecule has 1 amide bonds. The summed E-state index contributed by atoms with van der Waals surface area (Å²) in [6, 6.07) is 2.06. The van der Waals surface area contributed by atoms with E-state index in [1.165, 1.54) is 17.4 Å². The average Bonchev–Trinajstić information content (AvgIpc) is 2.26. The van der Waals surface area contributed by atoms with Gasteiger partial charge in [0.2, 0.25) is 5.91 Å². The van der Waals surface area contributed by atoms with E-state index in [4.69, 9.17) is 0 Å². The lowest BCUT2D eigenvalue weighted by molar-refractivity contribution is -0.119. The highest BCUT2D eigenvalue weighted by molar-refractivity contribution is 9.11. The Morgan fingerprint density at radius 2 is 2.42 bits per heavy atom. The lowest BCUT2D eigenvalue weighted by Crippen LogP contribution is -2.18. The maximum absolute atomic E-state index is 10.6. The van der Waals surface area contributed by atoms with Gasteiger partial charge in [-0.2, -0.15) is 0 Å². The number of carbonyl (C=O) groups excluding carboxylic acids is 1. The third-order valence-corrected chi connectivity index (χ3v) is 3.23. The molecule has 1 aromatic heterocycles. The predicted molar refractivity (Wildman–Crippen MR) is 54.3 cm³/mol. The van der Waals surface area contributed by atoms with Crippen molar-refractivity contribution in [1.82, 2.24) is 5.32 Å². The van der Waals surface area contributed by atoms with E-state index in [1.807, 2.05) is 6.92 Å². The Morgan fingerprint density at radius 3 is 2.83 bits per heavy atom. The summed E-state index contributed by atoms with van der Waals surface area (Å²) in [5, 5.41) is 2.77. The molecule has 0 aliphatic rings. The van der Waals surface area contributed by atoms with Crippen molar-refractivity contribution in [3.05, 3.63) is 20.3 Å². The minimum atomic E-state index is 0.0129. The van der Waals surface area contributed by atoms with E-state index in [0.717, 1.165) is 3.79 Å². The topological polar surface area (TPSA) is 29.1 Å². The van der Waals surface area contributed by atoms with Gasteiger partial charge in [-0.25, -0.2) is 0 Å². The van der Waals surface area contributed by atoms with Crippen LogP contribution in [0.5, 0.6) is 0 Å². The minimum absolute atomic E-state index is 0.0129. The Morgan fingerprint density at radius 1 is 1.75 bits per heavy atom. The van der Waals surface area contributed by atoms with Gasteiger partial charge in [0.05, 0.1) is 10.3 Å². The van der Waals surface area contributed by atoms with Crippen molar-refractivity contribution in [2.75, 3.05) is 0 Å². The third kappa shape index (κ3) is 2.60. The standard InChI is InChI=1S/C8H10BrNOS/c1-5-3-8(9)12-7(5)4-10-6(2)11/h3H,4H2,1-2H3,(H,10,11). The van der Waals surface area contributed by atoms with E-state index in [9.17, 15) is 4.79 Å². The molecule has 0 aliphatic carbocycles. The zero-order chi connectivity index (χ0) is 9.14. The number of aryl methyl sites for hydroxylation is 1. The van der Waals surface area contributed by atoms with Gasteiger partial charge in [0.1, 0.15) is 0 Å². The molecule has 4 heteroatoms. The van der Waals surface area contributed by atoms with Crippen LogP contribution in [0.3, 0.4) is 0 Å². The molecule has 0 bridgehead atoms. The molecule has 0 atom stereocenters. The minimum Gasteiger partial charge on any atom is -0.351 e. The fourth-order valence-corrected chi connectivity index (χ4v) is 2.62. The summed E-state index contributed by atoms with van der Waals surface area (Å²) >= 11 is 5.05. The second-order valence-electron chi connectivity index (χ2n) is 2.57. The molecule has 0 radical (unpaired) electrons. The molecule has 2 nitrogen and oxygen atoms in total. The Bertz CT molecular complexity index is 295. The van der Waals surface area contributed by atoms with E-state index >= 15 is 0 Å². The summed E-state index contributed by atoms with van der Waals surface area (Å²) in [5.74, 6) is 0.0129. The van der Waals surface area contributed by atoms with E-state index in [2.05, 4.69) is 27.3 Å². The molecule has 0 saturated heterocycles. The Hall–Kier alpha value is -0.350. The maximum atomic E-state index is 10.6. The molecule has 0 fully saturated rings. The normalized spacial score (nSPS) is 9.92. The number of halogens is 1. The highest BCUT2D eigenvalue weighted by Crippen LogP contribution is 2.26. The van der Waals surface area contributed by atoms with Crippen molar-refractivity contribution < 1.29 is 4.79 Å². The van der Waals surface area contributed by atoms with Crippen LogP contribution in [0.2, 0.25) is 0 Å². The van der Waals surface area contributed by atoms with Crippen LogP contribution in [0.25, 0.3) is 0 Å².